The number of rotatable bonds is 14. The number of hydrogen-bond acceptors (Lipinski definition) is 7. The standard InChI is InChI=1S/C42H49N5O7/c1-3-53-41(51)43-21-11-18-35(39(49)44-28-19-20-29-26(2)22-38(48)45-36(29)24-28)46-40(50)37(23-27-12-5-4-6-13-27)47-42(52)54-25-34-32-16-9-7-14-30(32)31-15-8-10-17-33(31)34/h7-10,14-17,19-20,22,24,27,34-35,37H,3-6,11-13,18,21,23,25H2,1-2H3,(H,43,51)(H,44,49)(H,45,48)(H,46,50)(H,47,52). The van der Waals surface area contributed by atoms with Gasteiger partial charge in [-0.1, -0.05) is 86.7 Å². The van der Waals surface area contributed by atoms with Crippen LogP contribution in [0.15, 0.2) is 77.6 Å². The summed E-state index contributed by atoms with van der Waals surface area (Å²) in [5, 5.41) is 12.1. The first-order chi connectivity index (χ1) is 26.2. The minimum Gasteiger partial charge on any atom is -0.450 e. The van der Waals surface area contributed by atoms with Crippen LogP contribution in [-0.4, -0.2) is 60.8 Å². The van der Waals surface area contributed by atoms with Gasteiger partial charge in [0.2, 0.25) is 17.4 Å². The Bertz CT molecular complexity index is 1990. The van der Waals surface area contributed by atoms with Gasteiger partial charge in [-0.05, 0) is 79.0 Å². The van der Waals surface area contributed by atoms with Gasteiger partial charge in [0.15, 0.2) is 0 Å². The summed E-state index contributed by atoms with van der Waals surface area (Å²) < 4.78 is 10.8. The largest absolute Gasteiger partial charge is 0.450 e. The van der Waals surface area contributed by atoms with Gasteiger partial charge in [-0.15, -0.1) is 0 Å². The van der Waals surface area contributed by atoms with Crippen LogP contribution in [0.5, 0.6) is 0 Å². The Balaban J connectivity index is 1.16. The first-order valence-corrected chi connectivity index (χ1v) is 19.0. The van der Waals surface area contributed by atoms with Crippen molar-refractivity contribution in [2.45, 2.75) is 83.2 Å². The number of carbonyl (C=O) groups is 4. The van der Waals surface area contributed by atoms with Crippen LogP contribution in [0.25, 0.3) is 22.0 Å². The molecule has 284 valence electrons. The van der Waals surface area contributed by atoms with Crippen molar-refractivity contribution < 1.29 is 28.7 Å². The summed E-state index contributed by atoms with van der Waals surface area (Å²) >= 11 is 0. The van der Waals surface area contributed by atoms with Crippen molar-refractivity contribution in [2.75, 3.05) is 25.1 Å². The molecule has 3 aromatic carbocycles. The lowest BCUT2D eigenvalue weighted by Crippen LogP contribution is -2.53. The lowest BCUT2D eigenvalue weighted by Gasteiger charge is -2.28. The van der Waals surface area contributed by atoms with Gasteiger partial charge < -0.3 is 35.7 Å². The van der Waals surface area contributed by atoms with E-state index in [4.69, 9.17) is 9.47 Å². The Morgan fingerprint density at radius 2 is 1.52 bits per heavy atom. The van der Waals surface area contributed by atoms with E-state index >= 15 is 0 Å². The predicted molar refractivity (Wildman–Crippen MR) is 207 cm³/mol. The number of aryl methyl sites for hydroxylation is 1. The molecule has 6 rings (SSSR count). The Hall–Kier alpha value is -5.65. The topological polar surface area (TPSA) is 168 Å². The van der Waals surface area contributed by atoms with E-state index in [1.54, 1.807) is 19.1 Å². The maximum atomic E-state index is 14.1. The van der Waals surface area contributed by atoms with E-state index < -0.39 is 36.1 Å². The van der Waals surface area contributed by atoms with Gasteiger partial charge in [-0.25, -0.2) is 9.59 Å². The maximum absolute atomic E-state index is 14.1. The normalized spacial score (nSPS) is 15.0. The number of fused-ring (bicyclic) bond motifs is 4. The molecule has 2 unspecified atom stereocenters. The summed E-state index contributed by atoms with van der Waals surface area (Å²) in [4.78, 5) is 68.2. The smallest absolute Gasteiger partial charge is 0.407 e. The number of alkyl carbamates (subject to hydrolysis) is 2. The van der Waals surface area contributed by atoms with Crippen molar-refractivity contribution >= 4 is 40.6 Å². The molecular formula is C42H49N5O7. The molecule has 1 fully saturated rings. The van der Waals surface area contributed by atoms with Gasteiger partial charge in [-0.3, -0.25) is 14.4 Å². The summed E-state index contributed by atoms with van der Waals surface area (Å²) in [5.74, 6) is -0.882. The van der Waals surface area contributed by atoms with Crippen molar-refractivity contribution in [3.8, 4) is 11.1 Å². The summed E-state index contributed by atoms with van der Waals surface area (Å²) in [5.41, 5.74) is 5.96. The van der Waals surface area contributed by atoms with Gasteiger partial charge in [0.25, 0.3) is 0 Å². The monoisotopic (exact) mass is 735 g/mol. The van der Waals surface area contributed by atoms with E-state index in [-0.39, 0.29) is 43.6 Å². The highest BCUT2D eigenvalue weighted by molar-refractivity contribution is 5.99. The minimum absolute atomic E-state index is 0.104. The number of aromatic amines is 1. The van der Waals surface area contributed by atoms with Crippen LogP contribution in [0.4, 0.5) is 15.3 Å². The van der Waals surface area contributed by atoms with Crippen molar-refractivity contribution in [3.63, 3.8) is 0 Å². The first-order valence-electron chi connectivity index (χ1n) is 19.0. The third-order valence-corrected chi connectivity index (χ3v) is 10.4. The molecule has 12 nitrogen and oxygen atoms in total. The Morgan fingerprint density at radius 1 is 0.815 bits per heavy atom. The number of benzene rings is 3. The zero-order valence-electron chi connectivity index (χ0n) is 30.9. The predicted octanol–water partition coefficient (Wildman–Crippen LogP) is 6.66. The Labute approximate surface area is 314 Å². The van der Waals surface area contributed by atoms with Crippen LogP contribution in [0, 0.1) is 12.8 Å². The number of hydrogen-bond donors (Lipinski definition) is 5. The van der Waals surface area contributed by atoms with Crippen LogP contribution < -0.4 is 26.8 Å². The van der Waals surface area contributed by atoms with E-state index in [2.05, 4.69) is 38.4 Å². The molecule has 5 N–H and O–H groups in total. The van der Waals surface area contributed by atoms with Crippen LogP contribution in [0.3, 0.4) is 0 Å². The molecule has 2 aliphatic rings. The van der Waals surface area contributed by atoms with E-state index in [0.717, 1.165) is 65.3 Å². The second-order valence-electron chi connectivity index (χ2n) is 14.2. The molecule has 4 aromatic rings. The van der Waals surface area contributed by atoms with Crippen molar-refractivity contribution in [2.24, 2.45) is 5.92 Å². The molecule has 4 amide bonds. The molecule has 1 heterocycles. The molecule has 2 atom stereocenters. The summed E-state index contributed by atoms with van der Waals surface area (Å²) in [6, 6.07) is 21.0. The van der Waals surface area contributed by atoms with Crippen LogP contribution in [0.1, 0.15) is 80.9 Å². The van der Waals surface area contributed by atoms with E-state index in [9.17, 15) is 24.0 Å². The number of H-pyrrole nitrogens is 1. The third-order valence-electron chi connectivity index (χ3n) is 10.4. The fraction of sp³-hybridized carbons (Fsp3) is 0.405. The van der Waals surface area contributed by atoms with Crippen molar-refractivity contribution in [1.29, 1.82) is 0 Å². The second kappa shape index (κ2) is 17.9. The molecule has 54 heavy (non-hydrogen) atoms. The second-order valence-corrected chi connectivity index (χ2v) is 14.2. The summed E-state index contributed by atoms with van der Waals surface area (Å²) in [6.07, 6.45) is 4.83. The molecule has 0 aliphatic heterocycles. The SMILES string of the molecule is CCOC(=O)NCCCC(NC(=O)C(CC1CCCCC1)NC(=O)OCC1c2ccccc2-c2ccccc21)C(=O)Nc1ccc2c(C)cc(=O)[nH]c2c1. The van der Waals surface area contributed by atoms with Crippen LogP contribution in [0.2, 0.25) is 0 Å². The average Bonchev–Trinajstić information content (AvgIpc) is 3.48. The van der Waals surface area contributed by atoms with Gasteiger partial charge in [0, 0.05) is 29.6 Å². The number of aromatic nitrogens is 1. The zero-order chi connectivity index (χ0) is 38.0. The highest BCUT2D eigenvalue weighted by Gasteiger charge is 2.32. The van der Waals surface area contributed by atoms with Gasteiger partial charge >= 0.3 is 12.2 Å². The third kappa shape index (κ3) is 9.47. The van der Waals surface area contributed by atoms with Crippen LogP contribution >= 0.6 is 0 Å². The Kier molecular flexibility index (Phi) is 12.6. The van der Waals surface area contributed by atoms with E-state index in [1.807, 2.05) is 49.4 Å². The van der Waals surface area contributed by atoms with Gasteiger partial charge in [-0.2, -0.15) is 0 Å². The summed E-state index contributed by atoms with van der Waals surface area (Å²) in [7, 11) is 0. The number of nitrogens with one attached hydrogen (secondary N) is 5. The fourth-order valence-electron chi connectivity index (χ4n) is 7.73. The molecule has 1 saturated carbocycles. The number of amides is 4. The quantitative estimate of drug-likeness (QED) is 0.0903. The van der Waals surface area contributed by atoms with E-state index in [1.165, 1.54) is 6.07 Å². The average molecular weight is 736 g/mol. The van der Waals surface area contributed by atoms with Crippen molar-refractivity contribution in [1.82, 2.24) is 20.9 Å². The summed E-state index contributed by atoms with van der Waals surface area (Å²) in [6.45, 7) is 4.10. The molecular weight excluding hydrogens is 686 g/mol. The maximum Gasteiger partial charge on any atom is 0.407 e. The molecule has 1 aromatic heterocycles. The fourth-order valence-corrected chi connectivity index (χ4v) is 7.73. The number of ether oxygens (including phenoxy) is 2. The van der Waals surface area contributed by atoms with Gasteiger partial charge in [0.1, 0.15) is 18.7 Å². The number of pyridine rings is 1. The highest BCUT2D eigenvalue weighted by Crippen LogP contribution is 2.44. The molecule has 12 heteroatoms. The van der Waals surface area contributed by atoms with Crippen LogP contribution in [-0.2, 0) is 19.1 Å². The number of anilines is 1. The Morgan fingerprint density at radius 3 is 2.22 bits per heavy atom. The molecule has 0 radical (unpaired) electrons. The molecule has 0 saturated heterocycles. The first kappa shape index (κ1) is 38.1. The molecule has 0 spiro atoms. The zero-order valence-corrected chi connectivity index (χ0v) is 30.9. The lowest BCUT2D eigenvalue weighted by atomic mass is 9.84. The minimum atomic E-state index is -1.01. The van der Waals surface area contributed by atoms with Gasteiger partial charge in [0.05, 0.1) is 12.1 Å². The lowest BCUT2D eigenvalue weighted by molar-refractivity contribution is -0.128. The number of carbonyl (C=O) groups excluding carboxylic acids is 4. The highest BCUT2D eigenvalue weighted by atomic mass is 16.6. The molecule has 2 aliphatic carbocycles. The van der Waals surface area contributed by atoms with E-state index in [0.29, 0.717) is 24.0 Å². The molecule has 0 bridgehead atoms. The van der Waals surface area contributed by atoms with Crippen molar-refractivity contribution in [3.05, 3.63) is 99.8 Å².